The second-order valence-corrected chi connectivity index (χ2v) is 4.22. The van der Waals surface area contributed by atoms with Crippen molar-refractivity contribution in [2.75, 3.05) is 0 Å². The summed E-state index contributed by atoms with van der Waals surface area (Å²) in [6.45, 7) is 5.19. The fraction of sp³-hybridized carbons (Fsp3) is 0.455. The van der Waals surface area contributed by atoms with Gasteiger partial charge < -0.3 is 5.32 Å². The molecule has 2 heteroatoms. The van der Waals surface area contributed by atoms with Gasteiger partial charge in [-0.05, 0) is 30.9 Å². The number of hydrogen-bond acceptors (Lipinski definition) is 2. The van der Waals surface area contributed by atoms with Gasteiger partial charge in [0.25, 0.3) is 0 Å². The van der Waals surface area contributed by atoms with Crippen LogP contribution in [0, 0.1) is 19.3 Å². The zero-order valence-corrected chi connectivity index (χ0v) is 8.95. The third-order valence-corrected chi connectivity index (χ3v) is 3.03. The van der Waals surface area contributed by atoms with Crippen molar-refractivity contribution in [3.05, 3.63) is 21.9 Å². The van der Waals surface area contributed by atoms with E-state index in [-0.39, 0.29) is 0 Å². The zero-order valence-electron chi connectivity index (χ0n) is 8.13. The highest BCUT2D eigenvalue weighted by molar-refractivity contribution is 7.10. The fourth-order valence-electron chi connectivity index (χ4n) is 1.10. The van der Waals surface area contributed by atoms with Gasteiger partial charge in [-0.15, -0.1) is 23.7 Å². The van der Waals surface area contributed by atoms with E-state index in [4.69, 9.17) is 6.42 Å². The topological polar surface area (TPSA) is 12.0 Å². The number of nitrogens with one attached hydrogen (secondary N) is 1. The van der Waals surface area contributed by atoms with Crippen LogP contribution in [0.5, 0.6) is 0 Å². The first-order chi connectivity index (χ1) is 6.24. The van der Waals surface area contributed by atoms with Gasteiger partial charge >= 0.3 is 0 Å². The van der Waals surface area contributed by atoms with E-state index in [0.717, 1.165) is 13.0 Å². The van der Waals surface area contributed by atoms with Crippen LogP contribution in [0.15, 0.2) is 11.4 Å². The summed E-state index contributed by atoms with van der Waals surface area (Å²) in [4.78, 5) is 1.41. The molecule has 1 heterocycles. The van der Waals surface area contributed by atoms with Crippen molar-refractivity contribution in [1.82, 2.24) is 5.32 Å². The molecule has 1 unspecified atom stereocenters. The molecule has 0 saturated heterocycles. The fourth-order valence-corrected chi connectivity index (χ4v) is 1.96. The molecule has 1 N–H and O–H groups in total. The molecule has 0 saturated carbocycles. The minimum Gasteiger partial charge on any atom is -0.308 e. The van der Waals surface area contributed by atoms with Crippen molar-refractivity contribution < 1.29 is 0 Å². The van der Waals surface area contributed by atoms with Crippen LogP contribution in [0.3, 0.4) is 0 Å². The van der Waals surface area contributed by atoms with Gasteiger partial charge in [0.2, 0.25) is 0 Å². The summed E-state index contributed by atoms with van der Waals surface area (Å²) < 4.78 is 0. The molecule has 0 fully saturated rings. The second-order valence-electron chi connectivity index (χ2n) is 3.22. The standard InChI is InChI=1S/C11H15NS/c1-4-5-10(3)12-8-11-9(2)6-7-13-11/h1,6-7,10,12H,5,8H2,2-3H3. The van der Waals surface area contributed by atoms with Gasteiger partial charge in [0.15, 0.2) is 0 Å². The Kier molecular flexibility index (Phi) is 4.01. The maximum Gasteiger partial charge on any atom is 0.0305 e. The van der Waals surface area contributed by atoms with E-state index in [2.05, 4.69) is 36.5 Å². The van der Waals surface area contributed by atoms with E-state index in [0.29, 0.717) is 6.04 Å². The van der Waals surface area contributed by atoms with Crippen LogP contribution in [-0.4, -0.2) is 6.04 Å². The number of thiophene rings is 1. The van der Waals surface area contributed by atoms with Crippen molar-refractivity contribution in [2.24, 2.45) is 0 Å². The second kappa shape index (κ2) is 5.06. The molecular formula is C11H15NS. The molecule has 0 aliphatic heterocycles. The van der Waals surface area contributed by atoms with Crippen molar-refractivity contribution >= 4 is 11.3 Å². The van der Waals surface area contributed by atoms with E-state index in [1.807, 2.05) is 0 Å². The van der Waals surface area contributed by atoms with E-state index in [1.165, 1.54) is 10.4 Å². The third-order valence-electron chi connectivity index (χ3n) is 2.00. The number of rotatable bonds is 4. The quantitative estimate of drug-likeness (QED) is 0.725. The Morgan fingerprint density at radius 1 is 1.69 bits per heavy atom. The van der Waals surface area contributed by atoms with E-state index >= 15 is 0 Å². The SMILES string of the molecule is C#CCC(C)NCc1sccc1C. The first kappa shape index (κ1) is 10.3. The zero-order chi connectivity index (χ0) is 9.68. The highest BCUT2D eigenvalue weighted by Gasteiger charge is 2.02. The largest absolute Gasteiger partial charge is 0.308 e. The minimum absolute atomic E-state index is 0.409. The summed E-state index contributed by atoms with van der Waals surface area (Å²) in [5.41, 5.74) is 1.37. The Morgan fingerprint density at radius 3 is 3.00 bits per heavy atom. The lowest BCUT2D eigenvalue weighted by molar-refractivity contribution is 0.562. The summed E-state index contributed by atoms with van der Waals surface area (Å²) in [7, 11) is 0. The summed E-state index contributed by atoms with van der Waals surface area (Å²) in [5, 5.41) is 5.52. The summed E-state index contributed by atoms with van der Waals surface area (Å²) in [6.07, 6.45) is 6.02. The monoisotopic (exact) mass is 193 g/mol. The molecule has 1 aromatic rings. The van der Waals surface area contributed by atoms with Crippen LogP contribution >= 0.6 is 11.3 Å². The highest BCUT2D eigenvalue weighted by Crippen LogP contribution is 2.15. The van der Waals surface area contributed by atoms with Gasteiger partial charge in [-0.25, -0.2) is 0 Å². The van der Waals surface area contributed by atoms with Crippen LogP contribution in [0.1, 0.15) is 23.8 Å². The van der Waals surface area contributed by atoms with Gasteiger partial charge in [-0.3, -0.25) is 0 Å². The molecule has 1 aromatic heterocycles. The van der Waals surface area contributed by atoms with Crippen molar-refractivity contribution in [1.29, 1.82) is 0 Å². The first-order valence-corrected chi connectivity index (χ1v) is 5.32. The number of aryl methyl sites for hydroxylation is 1. The van der Waals surface area contributed by atoms with Crippen LogP contribution in [0.4, 0.5) is 0 Å². The number of terminal acetylenes is 1. The maximum atomic E-state index is 5.22. The molecule has 0 radical (unpaired) electrons. The lowest BCUT2D eigenvalue weighted by Gasteiger charge is -2.09. The van der Waals surface area contributed by atoms with Gasteiger partial charge in [0, 0.05) is 23.9 Å². The maximum absolute atomic E-state index is 5.22. The van der Waals surface area contributed by atoms with E-state index in [1.54, 1.807) is 11.3 Å². The van der Waals surface area contributed by atoms with E-state index in [9.17, 15) is 0 Å². The van der Waals surface area contributed by atoms with Crippen molar-refractivity contribution in [3.8, 4) is 12.3 Å². The third kappa shape index (κ3) is 3.22. The highest BCUT2D eigenvalue weighted by atomic mass is 32.1. The van der Waals surface area contributed by atoms with Crippen LogP contribution < -0.4 is 5.32 Å². The van der Waals surface area contributed by atoms with Gasteiger partial charge in [-0.2, -0.15) is 0 Å². The molecule has 0 amide bonds. The first-order valence-electron chi connectivity index (χ1n) is 4.44. The molecule has 13 heavy (non-hydrogen) atoms. The van der Waals surface area contributed by atoms with Crippen molar-refractivity contribution in [3.63, 3.8) is 0 Å². The molecule has 70 valence electrons. The molecular weight excluding hydrogens is 178 g/mol. The Balaban J connectivity index is 2.36. The number of hydrogen-bond donors (Lipinski definition) is 1. The lowest BCUT2D eigenvalue weighted by atomic mass is 10.2. The molecule has 0 aliphatic rings. The van der Waals surface area contributed by atoms with Gasteiger partial charge in [0.05, 0.1) is 0 Å². The Hall–Kier alpha value is -0.780. The van der Waals surface area contributed by atoms with Crippen LogP contribution in [0.25, 0.3) is 0 Å². The van der Waals surface area contributed by atoms with E-state index < -0.39 is 0 Å². The van der Waals surface area contributed by atoms with Crippen LogP contribution in [-0.2, 0) is 6.54 Å². The predicted molar refractivity (Wildman–Crippen MR) is 58.8 cm³/mol. The summed E-state index contributed by atoms with van der Waals surface area (Å²) in [6, 6.07) is 2.56. The predicted octanol–water partition coefficient (Wildman–Crippen LogP) is 2.56. The smallest absolute Gasteiger partial charge is 0.0305 e. The molecule has 0 aliphatic carbocycles. The van der Waals surface area contributed by atoms with Crippen LogP contribution in [0.2, 0.25) is 0 Å². The molecule has 1 atom stereocenters. The average molecular weight is 193 g/mol. The van der Waals surface area contributed by atoms with Gasteiger partial charge in [0.1, 0.15) is 0 Å². The average Bonchev–Trinajstić information content (AvgIpc) is 2.48. The van der Waals surface area contributed by atoms with Crippen molar-refractivity contribution in [2.45, 2.75) is 32.9 Å². The normalized spacial score (nSPS) is 12.4. The molecule has 0 spiro atoms. The molecule has 1 nitrogen and oxygen atoms in total. The Morgan fingerprint density at radius 2 is 2.46 bits per heavy atom. The lowest BCUT2D eigenvalue weighted by Crippen LogP contribution is -2.24. The summed E-state index contributed by atoms with van der Waals surface area (Å²) >= 11 is 1.80. The minimum atomic E-state index is 0.409. The Bertz CT molecular complexity index is 295. The molecule has 1 rings (SSSR count). The molecule has 0 aromatic carbocycles. The molecule has 0 bridgehead atoms. The summed E-state index contributed by atoms with van der Waals surface area (Å²) in [5.74, 6) is 2.65. The Labute approximate surface area is 84.2 Å². The van der Waals surface area contributed by atoms with Gasteiger partial charge in [-0.1, -0.05) is 0 Å².